The van der Waals surface area contributed by atoms with Gasteiger partial charge in [0.25, 0.3) is 0 Å². The summed E-state index contributed by atoms with van der Waals surface area (Å²) in [5.74, 6) is 1.02. The van der Waals surface area contributed by atoms with Gasteiger partial charge in [0.1, 0.15) is 0 Å². The lowest BCUT2D eigenvalue weighted by atomic mass is 10.2. The van der Waals surface area contributed by atoms with Crippen LogP contribution in [0.3, 0.4) is 0 Å². The van der Waals surface area contributed by atoms with E-state index < -0.39 is 0 Å². The van der Waals surface area contributed by atoms with Gasteiger partial charge in [-0.25, -0.2) is 0 Å². The van der Waals surface area contributed by atoms with Gasteiger partial charge in [0.15, 0.2) is 0 Å². The van der Waals surface area contributed by atoms with E-state index in [0.29, 0.717) is 34.5 Å². The molecule has 2 N–H and O–H groups in total. The van der Waals surface area contributed by atoms with Crippen LogP contribution >= 0.6 is 11.6 Å². The summed E-state index contributed by atoms with van der Waals surface area (Å²) in [4.78, 5) is 0. The fourth-order valence-corrected chi connectivity index (χ4v) is 1.48. The average molecular weight is 224 g/mol. The highest BCUT2D eigenvalue weighted by atomic mass is 35.5. The average Bonchev–Trinajstić information content (AvgIpc) is 2.66. The first-order chi connectivity index (χ1) is 7.20. The summed E-state index contributed by atoms with van der Waals surface area (Å²) in [5.41, 5.74) is 6.90. The molecule has 0 aliphatic rings. The van der Waals surface area contributed by atoms with E-state index >= 15 is 0 Å². The van der Waals surface area contributed by atoms with Crippen molar-refractivity contribution < 1.29 is 4.42 Å². The minimum absolute atomic E-state index is 0.428. The molecule has 4 nitrogen and oxygen atoms in total. The first-order valence-corrected chi connectivity index (χ1v) is 4.96. The quantitative estimate of drug-likeness (QED) is 0.795. The van der Waals surface area contributed by atoms with Gasteiger partial charge in [0, 0.05) is 12.1 Å². The van der Waals surface area contributed by atoms with E-state index in [0.717, 1.165) is 0 Å². The molecule has 2 aromatic rings. The van der Waals surface area contributed by atoms with E-state index in [1.165, 1.54) is 0 Å². The Hall–Kier alpha value is -1.55. The predicted molar refractivity (Wildman–Crippen MR) is 58.5 cm³/mol. The first-order valence-electron chi connectivity index (χ1n) is 4.58. The molecule has 78 valence electrons. The minimum Gasteiger partial charge on any atom is -0.421 e. The maximum atomic E-state index is 6.01. The number of aryl methyl sites for hydroxylation is 1. The Bertz CT molecular complexity index is 481. The van der Waals surface area contributed by atoms with Gasteiger partial charge >= 0.3 is 0 Å². The fourth-order valence-electron chi connectivity index (χ4n) is 1.21. The van der Waals surface area contributed by atoms with Crippen LogP contribution in [0.1, 0.15) is 12.8 Å². The van der Waals surface area contributed by atoms with Crippen molar-refractivity contribution in [3.8, 4) is 11.5 Å². The number of benzene rings is 1. The molecule has 1 heterocycles. The molecule has 0 unspecified atom stereocenters. The first kappa shape index (κ1) is 9.98. The maximum absolute atomic E-state index is 6.01. The summed E-state index contributed by atoms with van der Waals surface area (Å²) in [6.45, 7) is 1.95. The van der Waals surface area contributed by atoms with Gasteiger partial charge in [-0.15, -0.1) is 10.2 Å². The normalized spacial score (nSPS) is 10.5. The third-order valence-corrected chi connectivity index (χ3v) is 2.31. The third-order valence-electron chi connectivity index (χ3n) is 1.99. The molecular formula is C10H10ClN3O. The molecule has 15 heavy (non-hydrogen) atoms. The summed E-state index contributed by atoms with van der Waals surface area (Å²) in [7, 11) is 0. The van der Waals surface area contributed by atoms with Crippen LogP contribution in [0.25, 0.3) is 11.5 Å². The number of nitrogen functional groups attached to an aromatic ring is 1. The van der Waals surface area contributed by atoms with Crippen LogP contribution in [0.15, 0.2) is 22.6 Å². The van der Waals surface area contributed by atoms with Crippen LogP contribution < -0.4 is 5.73 Å². The van der Waals surface area contributed by atoms with Crippen LogP contribution in [-0.2, 0) is 6.42 Å². The number of aromatic nitrogens is 2. The molecule has 0 spiro atoms. The third kappa shape index (κ3) is 1.94. The SMILES string of the molecule is CCc1nnc(-c2ccc(N)cc2Cl)o1. The Morgan fingerprint density at radius 2 is 2.20 bits per heavy atom. The van der Waals surface area contributed by atoms with Crippen molar-refractivity contribution in [2.45, 2.75) is 13.3 Å². The number of nitrogens with zero attached hydrogens (tertiary/aromatic N) is 2. The van der Waals surface area contributed by atoms with Crippen molar-refractivity contribution in [3.63, 3.8) is 0 Å². The van der Waals surface area contributed by atoms with Crippen molar-refractivity contribution in [1.29, 1.82) is 0 Å². The van der Waals surface area contributed by atoms with Crippen molar-refractivity contribution in [3.05, 3.63) is 29.1 Å². The summed E-state index contributed by atoms with van der Waals surface area (Å²) in [6, 6.07) is 5.17. The zero-order valence-corrected chi connectivity index (χ0v) is 8.95. The van der Waals surface area contributed by atoms with Crippen LogP contribution in [-0.4, -0.2) is 10.2 Å². The van der Waals surface area contributed by atoms with Crippen molar-refractivity contribution in [1.82, 2.24) is 10.2 Å². The number of nitrogens with two attached hydrogens (primary N) is 1. The van der Waals surface area contributed by atoms with Gasteiger partial charge in [0.05, 0.1) is 10.6 Å². The molecule has 1 aromatic carbocycles. The molecule has 0 radical (unpaired) electrons. The van der Waals surface area contributed by atoms with Gasteiger partial charge in [-0.2, -0.15) is 0 Å². The highest BCUT2D eigenvalue weighted by Gasteiger charge is 2.10. The van der Waals surface area contributed by atoms with Gasteiger partial charge < -0.3 is 10.2 Å². The number of rotatable bonds is 2. The smallest absolute Gasteiger partial charge is 0.249 e. The van der Waals surface area contributed by atoms with E-state index in [1.54, 1.807) is 18.2 Å². The Morgan fingerprint density at radius 1 is 1.40 bits per heavy atom. The second-order valence-electron chi connectivity index (χ2n) is 3.09. The van der Waals surface area contributed by atoms with E-state index in [2.05, 4.69) is 10.2 Å². The molecule has 0 bridgehead atoms. The molecule has 0 saturated heterocycles. The largest absolute Gasteiger partial charge is 0.421 e. The fraction of sp³-hybridized carbons (Fsp3) is 0.200. The molecule has 0 fully saturated rings. The van der Waals surface area contributed by atoms with Crippen LogP contribution in [0.5, 0.6) is 0 Å². The second kappa shape index (κ2) is 3.90. The summed E-state index contributed by atoms with van der Waals surface area (Å²) in [5, 5.41) is 8.29. The standard InChI is InChI=1S/C10H10ClN3O/c1-2-9-13-14-10(15-9)7-4-3-6(12)5-8(7)11/h3-5H,2,12H2,1H3. The van der Waals surface area contributed by atoms with E-state index in [4.69, 9.17) is 21.8 Å². The summed E-state index contributed by atoms with van der Waals surface area (Å²) >= 11 is 6.01. The lowest BCUT2D eigenvalue weighted by Gasteiger charge is -1.99. The molecule has 0 aliphatic carbocycles. The van der Waals surface area contributed by atoms with Crippen LogP contribution in [0.4, 0.5) is 5.69 Å². The van der Waals surface area contributed by atoms with E-state index in [9.17, 15) is 0 Å². The molecular weight excluding hydrogens is 214 g/mol. The molecule has 0 atom stereocenters. The minimum atomic E-state index is 0.428. The second-order valence-corrected chi connectivity index (χ2v) is 3.50. The lowest BCUT2D eigenvalue weighted by Crippen LogP contribution is -1.86. The van der Waals surface area contributed by atoms with Crippen molar-refractivity contribution in [2.75, 3.05) is 5.73 Å². The predicted octanol–water partition coefficient (Wildman–Crippen LogP) is 2.53. The van der Waals surface area contributed by atoms with Crippen molar-refractivity contribution in [2.24, 2.45) is 0 Å². The Balaban J connectivity index is 2.44. The lowest BCUT2D eigenvalue weighted by molar-refractivity contribution is 0.513. The number of halogens is 1. The zero-order chi connectivity index (χ0) is 10.8. The van der Waals surface area contributed by atoms with Crippen LogP contribution in [0, 0.1) is 0 Å². The number of anilines is 1. The molecule has 0 amide bonds. The van der Waals surface area contributed by atoms with E-state index in [-0.39, 0.29) is 0 Å². The summed E-state index contributed by atoms with van der Waals surface area (Å²) < 4.78 is 5.39. The van der Waals surface area contributed by atoms with Gasteiger partial charge in [-0.05, 0) is 18.2 Å². The molecule has 5 heteroatoms. The molecule has 0 aliphatic heterocycles. The Labute approximate surface area is 92.1 Å². The molecule has 0 saturated carbocycles. The monoisotopic (exact) mass is 223 g/mol. The number of hydrogen-bond donors (Lipinski definition) is 1. The highest BCUT2D eigenvalue weighted by Crippen LogP contribution is 2.28. The van der Waals surface area contributed by atoms with Gasteiger partial charge in [-0.1, -0.05) is 18.5 Å². The van der Waals surface area contributed by atoms with E-state index in [1.807, 2.05) is 6.92 Å². The zero-order valence-electron chi connectivity index (χ0n) is 8.20. The summed E-state index contributed by atoms with van der Waals surface area (Å²) in [6.07, 6.45) is 0.708. The Kier molecular flexibility index (Phi) is 2.60. The van der Waals surface area contributed by atoms with Crippen molar-refractivity contribution >= 4 is 17.3 Å². The van der Waals surface area contributed by atoms with Crippen LogP contribution in [0.2, 0.25) is 5.02 Å². The van der Waals surface area contributed by atoms with Gasteiger partial charge in [-0.3, -0.25) is 0 Å². The highest BCUT2D eigenvalue weighted by molar-refractivity contribution is 6.33. The topological polar surface area (TPSA) is 64.9 Å². The Morgan fingerprint density at radius 3 is 2.80 bits per heavy atom. The van der Waals surface area contributed by atoms with Gasteiger partial charge in [0.2, 0.25) is 11.8 Å². The maximum Gasteiger partial charge on any atom is 0.249 e. The number of hydrogen-bond acceptors (Lipinski definition) is 4. The molecule has 2 rings (SSSR count). The molecule has 1 aromatic heterocycles.